The topological polar surface area (TPSA) is 77.6 Å². The molecule has 1 amide bonds. The molecule has 3 aromatic heterocycles. The van der Waals surface area contributed by atoms with Crippen molar-refractivity contribution in [3.63, 3.8) is 0 Å². The Labute approximate surface area is 182 Å². The summed E-state index contributed by atoms with van der Waals surface area (Å²) >= 11 is 0. The Kier molecular flexibility index (Phi) is 5.59. The summed E-state index contributed by atoms with van der Waals surface area (Å²) in [5.41, 5.74) is 6.02. The fourth-order valence-corrected chi connectivity index (χ4v) is 3.82. The monoisotopic (exact) mass is 416 g/mol. The van der Waals surface area contributed by atoms with Crippen LogP contribution in [-0.2, 0) is 13.1 Å². The molecule has 4 rings (SSSR count). The Morgan fingerprint density at radius 3 is 2.48 bits per heavy atom. The summed E-state index contributed by atoms with van der Waals surface area (Å²) in [4.78, 5) is 18.2. The second-order valence-corrected chi connectivity index (χ2v) is 8.07. The molecule has 7 nitrogen and oxygen atoms in total. The number of aromatic nitrogens is 5. The van der Waals surface area contributed by atoms with E-state index in [2.05, 4.69) is 34.6 Å². The molecular formula is C24H28N6O. The van der Waals surface area contributed by atoms with Gasteiger partial charge in [-0.15, -0.1) is 0 Å². The van der Waals surface area contributed by atoms with Crippen molar-refractivity contribution in [1.29, 1.82) is 0 Å². The number of aryl methyl sites for hydroxylation is 4. The van der Waals surface area contributed by atoms with Crippen molar-refractivity contribution in [1.82, 2.24) is 29.9 Å². The van der Waals surface area contributed by atoms with E-state index in [1.807, 2.05) is 67.5 Å². The van der Waals surface area contributed by atoms with Gasteiger partial charge in [-0.25, -0.2) is 9.67 Å². The van der Waals surface area contributed by atoms with Crippen molar-refractivity contribution in [3.05, 3.63) is 65.1 Å². The Bertz CT molecular complexity index is 1240. The third kappa shape index (κ3) is 4.21. The second-order valence-electron chi connectivity index (χ2n) is 8.07. The van der Waals surface area contributed by atoms with Crippen LogP contribution in [0.2, 0.25) is 0 Å². The zero-order valence-corrected chi connectivity index (χ0v) is 18.7. The van der Waals surface area contributed by atoms with Gasteiger partial charge in [0.2, 0.25) is 0 Å². The first-order valence-corrected chi connectivity index (χ1v) is 10.6. The molecule has 1 aromatic carbocycles. The van der Waals surface area contributed by atoms with Crippen molar-refractivity contribution in [2.45, 2.75) is 53.8 Å². The number of pyridine rings is 1. The summed E-state index contributed by atoms with van der Waals surface area (Å²) in [5, 5.41) is 12.9. The number of carbonyl (C=O) groups is 1. The van der Waals surface area contributed by atoms with E-state index in [0.717, 1.165) is 33.7 Å². The predicted molar refractivity (Wildman–Crippen MR) is 122 cm³/mol. The molecule has 160 valence electrons. The van der Waals surface area contributed by atoms with Gasteiger partial charge in [0.1, 0.15) is 0 Å². The lowest BCUT2D eigenvalue weighted by Gasteiger charge is -2.15. The minimum Gasteiger partial charge on any atom is -0.348 e. The fraction of sp³-hybridized carbons (Fsp3) is 0.333. The molecule has 0 saturated carbocycles. The highest BCUT2D eigenvalue weighted by molar-refractivity contribution is 6.07. The van der Waals surface area contributed by atoms with E-state index in [1.54, 1.807) is 0 Å². The van der Waals surface area contributed by atoms with Crippen LogP contribution in [0, 0.1) is 20.8 Å². The van der Waals surface area contributed by atoms with E-state index >= 15 is 0 Å². The zero-order valence-electron chi connectivity index (χ0n) is 18.7. The summed E-state index contributed by atoms with van der Waals surface area (Å²) < 4.78 is 3.70. The van der Waals surface area contributed by atoms with Gasteiger partial charge in [0.05, 0.1) is 34.6 Å². The average molecular weight is 417 g/mol. The highest BCUT2D eigenvalue weighted by Crippen LogP contribution is 2.27. The maximum atomic E-state index is 13.3. The molecule has 0 fully saturated rings. The molecule has 0 spiro atoms. The third-order valence-corrected chi connectivity index (χ3v) is 5.38. The molecule has 1 N–H and O–H groups in total. The van der Waals surface area contributed by atoms with E-state index in [9.17, 15) is 4.79 Å². The Morgan fingerprint density at radius 2 is 1.84 bits per heavy atom. The van der Waals surface area contributed by atoms with Crippen LogP contribution < -0.4 is 5.32 Å². The first-order valence-electron chi connectivity index (χ1n) is 10.6. The lowest BCUT2D eigenvalue weighted by Crippen LogP contribution is -2.36. The molecule has 4 aromatic rings. The second kappa shape index (κ2) is 8.34. The lowest BCUT2D eigenvalue weighted by molar-refractivity contribution is 0.0937. The molecule has 0 radical (unpaired) electrons. The van der Waals surface area contributed by atoms with Gasteiger partial charge in [0.25, 0.3) is 5.91 Å². The summed E-state index contributed by atoms with van der Waals surface area (Å²) in [6, 6.07) is 11.9. The Morgan fingerprint density at radius 1 is 1.10 bits per heavy atom. The van der Waals surface area contributed by atoms with E-state index in [-0.39, 0.29) is 11.9 Å². The smallest absolute Gasteiger partial charge is 0.252 e. The van der Waals surface area contributed by atoms with Gasteiger partial charge in [-0.1, -0.05) is 29.8 Å². The number of carbonyl (C=O) groups excluding carboxylic acids is 1. The van der Waals surface area contributed by atoms with Crippen molar-refractivity contribution < 1.29 is 4.79 Å². The maximum Gasteiger partial charge on any atom is 0.252 e. The first-order chi connectivity index (χ1) is 14.9. The van der Waals surface area contributed by atoms with Crippen molar-refractivity contribution >= 4 is 16.9 Å². The van der Waals surface area contributed by atoms with Crippen LogP contribution in [0.25, 0.3) is 22.3 Å². The normalized spacial score (nSPS) is 12.3. The van der Waals surface area contributed by atoms with Crippen LogP contribution >= 0.6 is 0 Å². The van der Waals surface area contributed by atoms with Crippen LogP contribution in [-0.4, -0.2) is 36.5 Å². The first kappa shape index (κ1) is 20.8. The van der Waals surface area contributed by atoms with E-state index in [1.165, 1.54) is 5.56 Å². The predicted octanol–water partition coefficient (Wildman–Crippen LogP) is 4.06. The van der Waals surface area contributed by atoms with Gasteiger partial charge in [0, 0.05) is 24.3 Å². The van der Waals surface area contributed by atoms with Crippen LogP contribution in [0.4, 0.5) is 0 Å². The van der Waals surface area contributed by atoms with Crippen LogP contribution in [0.3, 0.4) is 0 Å². The lowest BCUT2D eigenvalue weighted by atomic mass is 10.0. The van der Waals surface area contributed by atoms with Crippen molar-refractivity contribution in [3.8, 4) is 11.3 Å². The summed E-state index contributed by atoms with van der Waals surface area (Å²) in [6.45, 7) is 11.2. The fourth-order valence-electron chi connectivity index (χ4n) is 3.82. The highest BCUT2D eigenvalue weighted by atomic mass is 16.1. The molecule has 1 atom stereocenters. The largest absolute Gasteiger partial charge is 0.348 e. The standard InChI is InChI=1S/C24H28N6O/c1-6-30-23-22(18(5)28-30)20(13-21(26-23)19-9-7-15(2)8-10-19)24(31)25-17(4)14-29-12-11-16(3)27-29/h7-13,17H,6,14H2,1-5H3,(H,25,31)/t17-/m1/s1. The number of fused-ring (bicyclic) bond motifs is 1. The summed E-state index contributed by atoms with van der Waals surface area (Å²) in [7, 11) is 0. The molecule has 7 heteroatoms. The van der Waals surface area contributed by atoms with E-state index in [4.69, 9.17) is 4.98 Å². The Balaban J connectivity index is 1.73. The van der Waals surface area contributed by atoms with Crippen molar-refractivity contribution in [2.24, 2.45) is 0 Å². The molecule has 0 saturated heterocycles. The molecule has 0 aliphatic rings. The number of benzene rings is 1. The third-order valence-electron chi connectivity index (χ3n) is 5.38. The quantitative estimate of drug-likeness (QED) is 0.514. The number of rotatable bonds is 6. The average Bonchev–Trinajstić information content (AvgIpc) is 3.30. The van der Waals surface area contributed by atoms with Gasteiger partial charge in [0.15, 0.2) is 5.65 Å². The van der Waals surface area contributed by atoms with Gasteiger partial charge in [-0.05, 0) is 46.8 Å². The number of nitrogens with one attached hydrogen (secondary N) is 1. The molecule has 3 heterocycles. The number of amides is 1. The molecule has 0 unspecified atom stereocenters. The van der Waals surface area contributed by atoms with E-state index in [0.29, 0.717) is 18.7 Å². The van der Waals surface area contributed by atoms with Crippen LogP contribution in [0.15, 0.2) is 42.6 Å². The van der Waals surface area contributed by atoms with Gasteiger partial charge >= 0.3 is 0 Å². The molecular weight excluding hydrogens is 388 g/mol. The van der Waals surface area contributed by atoms with E-state index < -0.39 is 0 Å². The zero-order chi connectivity index (χ0) is 22.1. The maximum absolute atomic E-state index is 13.3. The van der Waals surface area contributed by atoms with Crippen molar-refractivity contribution in [2.75, 3.05) is 0 Å². The van der Waals surface area contributed by atoms with Gasteiger partial charge < -0.3 is 5.32 Å². The SMILES string of the molecule is CCn1nc(C)c2c(C(=O)N[C@H](C)Cn3ccc(C)n3)cc(-c3ccc(C)cc3)nc21. The molecule has 0 aliphatic heterocycles. The number of hydrogen-bond donors (Lipinski definition) is 1. The van der Waals surface area contributed by atoms with Crippen LogP contribution in [0.5, 0.6) is 0 Å². The minimum absolute atomic E-state index is 0.0839. The van der Waals surface area contributed by atoms with Crippen LogP contribution in [0.1, 0.15) is 41.2 Å². The number of nitrogens with zero attached hydrogens (tertiary/aromatic N) is 5. The number of hydrogen-bond acceptors (Lipinski definition) is 4. The molecule has 0 aliphatic carbocycles. The van der Waals surface area contributed by atoms with Gasteiger partial charge in [-0.2, -0.15) is 10.2 Å². The highest BCUT2D eigenvalue weighted by Gasteiger charge is 2.21. The molecule has 31 heavy (non-hydrogen) atoms. The Hall–Kier alpha value is -3.48. The van der Waals surface area contributed by atoms with Gasteiger partial charge in [-0.3, -0.25) is 9.48 Å². The summed E-state index contributed by atoms with van der Waals surface area (Å²) in [5.74, 6) is -0.129. The minimum atomic E-state index is -0.129. The summed E-state index contributed by atoms with van der Waals surface area (Å²) in [6.07, 6.45) is 1.92. The molecule has 0 bridgehead atoms.